The number of benzene rings is 1. The molecular formula is C16H20FN3O3. The summed E-state index contributed by atoms with van der Waals surface area (Å²) in [6, 6.07) is 3.21. The maximum absolute atomic E-state index is 13.9. The zero-order valence-corrected chi connectivity index (χ0v) is 13.4. The van der Waals surface area contributed by atoms with Crippen molar-refractivity contribution < 1.29 is 19.0 Å². The number of likely N-dealkylation sites (N-methyl/N-ethyl adjacent to an activating group) is 1. The van der Waals surface area contributed by atoms with Crippen LogP contribution in [-0.2, 0) is 17.9 Å². The van der Waals surface area contributed by atoms with Crippen LogP contribution in [0.4, 0.5) is 4.39 Å². The summed E-state index contributed by atoms with van der Waals surface area (Å²) in [4.78, 5) is 17.5. The van der Waals surface area contributed by atoms with E-state index in [9.17, 15) is 14.3 Å². The van der Waals surface area contributed by atoms with Crippen molar-refractivity contribution in [3.63, 3.8) is 0 Å². The van der Waals surface area contributed by atoms with Crippen molar-refractivity contribution in [2.75, 3.05) is 14.2 Å². The molecule has 23 heavy (non-hydrogen) atoms. The van der Waals surface area contributed by atoms with Gasteiger partial charge in [0.15, 0.2) is 11.6 Å². The first-order valence-electron chi connectivity index (χ1n) is 7.24. The van der Waals surface area contributed by atoms with E-state index in [1.807, 2.05) is 17.7 Å². The van der Waals surface area contributed by atoms with Crippen LogP contribution in [0.15, 0.2) is 30.6 Å². The Labute approximate surface area is 134 Å². The molecule has 1 aromatic heterocycles. The van der Waals surface area contributed by atoms with Crippen LogP contribution in [0.5, 0.6) is 5.75 Å². The molecule has 0 aliphatic rings. The number of aliphatic carboxylic acids is 1. The Hall–Kier alpha value is -2.41. The largest absolute Gasteiger partial charge is 0.494 e. The number of carboxylic acid groups (broad SMARTS) is 1. The Kier molecular flexibility index (Phi) is 5.33. The fourth-order valence-corrected chi connectivity index (χ4v) is 2.53. The first kappa shape index (κ1) is 17.0. The number of hydrogen-bond acceptors (Lipinski definition) is 4. The Morgan fingerprint density at radius 1 is 1.52 bits per heavy atom. The lowest BCUT2D eigenvalue weighted by Gasteiger charge is -2.25. The summed E-state index contributed by atoms with van der Waals surface area (Å²) in [5.41, 5.74) is 0.355. The fraction of sp³-hybridized carbons (Fsp3) is 0.375. The lowest BCUT2D eigenvalue weighted by atomic mass is 10.1. The highest BCUT2D eigenvalue weighted by atomic mass is 19.1. The van der Waals surface area contributed by atoms with Crippen molar-refractivity contribution in [1.29, 1.82) is 0 Å². The number of imidazole rings is 1. The maximum Gasteiger partial charge on any atom is 0.325 e. The monoisotopic (exact) mass is 321 g/mol. The fourth-order valence-electron chi connectivity index (χ4n) is 2.53. The first-order chi connectivity index (χ1) is 11.0. The molecule has 0 bridgehead atoms. The van der Waals surface area contributed by atoms with Gasteiger partial charge in [0, 0.05) is 18.9 Å². The van der Waals surface area contributed by atoms with E-state index in [2.05, 4.69) is 4.98 Å². The van der Waals surface area contributed by atoms with Gasteiger partial charge in [-0.3, -0.25) is 9.69 Å². The van der Waals surface area contributed by atoms with Gasteiger partial charge in [0.2, 0.25) is 0 Å². The summed E-state index contributed by atoms with van der Waals surface area (Å²) in [6.07, 6.45) is 3.52. The van der Waals surface area contributed by atoms with Gasteiger partial charge >= 0.3 is 5.97 Å². The summed E-state index contributed by atoms with van der Waals surface area (Å²) in [5.74, 6) is -0.788. The van der Waals surface area contributed by atoms with Gasteiger partial charge < -0.3 is 14.4 Å². The van der Waals surface area contributed by atoms with E-state index in [0.717, 1.165) is 12.4 Å². The Bertz CT molecular complexity index is 687. The van der Waals surface area contributed by atoms with E-state index < -0.39 is 17.8 Å². The number of hydrogen-bond donors (Lipinski definition) is 1. The second-order valence-electron chi connectivity index (χ2n) is 5.18. The number of halogens is 1. The van der Waals surface area contributed by atoms with E-state index in [-0.39, 0.29) is 5.75 Å². The van der Waals surface area contributed by atoms with Gasteiger partial charge in [0.25, 0.3) is 0 Å². The molecular weight excluding hydrogens is 301 g/mol. The molecule has 1 atom stereocenters. The van der Waals surface area contributed by atoms with Crippen LogP contribution < -0.4 is 4.74 Å². The van der Waals surface area contributed by atoms with Crippen LogP contribution in [0.3, 0.4) is 0 Å². The van der Waals surface area contributed by atoms with Crippen LogP contribution in [0.1, 0.15) is 24.4 Å². The minimum atomic E-state index is -1.05. The molecule has 0 radical (unpaired) electrons. The van der Waals surface area contributed by atoms with Crippen molar-refractivity contribution in [2.24, 2.45) is 0 Å². The van der Waals surface area contributed by atoms with Gasteiger partial charge in [0.05, 0.1) is 13.7 Å². The van der Waals surface area contributed by atoms with Crippen LogP contribution in [0.2, 0.25) is 0 Å². The predicted molar refractivity (Wildman–Crippen MR) is 82.7 cm³/mol. The van der Waals surface area contributed by atoms with Crippen molar-refractivity contribution in [1.82, 2.24) is 14.5 Å². The average molecular weight is 321 g/mol. The van der Waals surface area contributed by atoms with Crippen LogP contribution in [0, 0.1) is 5.82 Å². The lowest BCUT2D eigenvalue weighted by Crippen LogP contribution is -2.31. The molecule has 1 heterocycles. The average Bonchev–Trinajstić information content (AvgIpc) is 2.94. The number of methoxy groups -OCH3 is 1. The molecule has 6 nitrogen and oxygen atoms in total. The molecule has 2 rings (SSSR count). The number of rotatable bonds is 7. The zero-order valence-electron chi connectivity index (χ0n) is 13.4. The second kappa shape index (κ2) is 7.23. The third-order valence-corrected chi connectivity index (χ3v) is 3.70. The topological polar surface area (TPSA) is 67.6 Å². The minimum absolute atomic E-state index is 0.0852. The molecule has 0 amide bonds. The van der Waals surface area contributed by atoms with Gasteiger partial charge in [-0.1, -0.05) is 6.07 Å². The molecule has 1 aromatic carbocycles. The normalized spacial score (nSPS) is 12.4. The predicted octanol–water partition coefficient (Wildman–Crippen LogP) is 2.31. The molecule has 2 aromatic rings. The molecule has 0 saturated heterocycles. The van der Waals surface area contributed by atoms with Crippen molar-refractivity contribution in [2.45, 2.75) is 26.1 Å². The van der Waals surface area contributed by atoms with E-state index in [4.69, 9.17) is 4.74 Å². The summed E-state index contributed by atoms with van der Waals surface area (Å²) in [6.45, 7) is 3.07. The number of ether oxygens (including phenoxy) is 1. The molecule has 0 aliphatic carbocycles. The van der Waals surface area contributed by atoms with Crippen molar-refractivity contribution >= 4 is 5.97 Å². The smallest absolute Gasteiger partial charge is 0.325 e. The molecule has 124 valence electrons. The van der Waals surface area contributed by atoms with E-state index >= 15 is 0 Å². The number of aryl methyl sites for hydroxylation is 1. The third kappa shape index (κ3) is 3.68. The van der Waals surface area contributed by atoms with Gasteiger partial charge in [-0.05, 0) is 31.7 Å². The number of aromatic nitrogens is 2. The van der Waals surface area contributed by atoms with E-state index in [1.165, 1.54) is 19.2 Å². The van der Waals surface area contributed by atoms with Crippen molar-refractivity contribution in [3.05, 3.63) is 47.8 Å². The van der Waals surface area contributed by atoms with E-state index in [1.54, 1.807) is 24.2 Å². The van der Waals surface area contributed by atoms with Crippen LogP contribution >= 0.6 is 0 Å². The number of carbonyl (C=O) groups is 1. The maximum atomic E-state index is 13.9. The molecule has 0 spiro atoms. The zero-order chi connectivity index (χ0) is 17.0. The highest BCUT2D eigenvalue weighted by Gasteiger charge is 2.26. The quantitative estimate of drug-likeness (QED) is 0.847. The van der Waals surface area contributed by atoms with Gasteiger partial charge in [-0.15, -0.1) is 0 Å². The third-order valence-electron chi connectivity index (χ3n) is 3.70. The van der Waals surface area contributed by atoms with Crippen molar-refractivity contribution in [3.8, 4) is 5.75 Å². The van der Waals surface area contributed by atoms with Gasteiger partial charge in [-0.2, -0.15) is 0 Å². The molecule has 0 saturated carbocycles. The summed E-state index contributed by atoms with van der Waals surface area (Å²) in [5, 5.41) is 9.55. The Morgan fingerprint density at radius 3 is 2.83 bits per heavy atom. The number of nitrogens with zero attached hydrogens (tertiary/aromatic N) is 3. The summed E-state index contributed by atoms with van der Waals surface area (Å²) >= 11 is 0. The molecule has 1 N–H and O–H groups in total. The van der Waals surface area contributed by atoms with Crippen LogP contribution in [0.25, 0.3) is 0 Å². The molecule has 0 fully saturated rings. The molecule has 0 unspecified atom stereocenters. The van der Waals surface area contributed by atoms with E-state index in [0.29, 0.717) is 12.1 Å². The van der Waals surface area contributed by atoms with Gasteiger partial charge in [0.1, 0.15) is 11.9 Å². The molecule has 0 aliphatic heterocycles. The number of carboxylic acids is 1. The summed E-state index contributed by atoms with van der Waals surface area (Å²) < 4.78 is 20.7. The highest BCUT2D eigenvalue weighted by Crippen LogP contribution is 2.26. The Morgan fingerprint density at radius 2 is 2.26 bits per heavy atom. The lowest BCUT2D eigenvalue weighted by molar-refractivity contribution is -0.143. The van der Waals surface area contributed by atoms with Crippen LogP contribution in [-0.4, -0.2) is 39.7 Å². The second-order valence-corrected chi connectivity index (χ2v) is 5.18. The standard InChI is InChI=1S/C16H20FN3O3/c1-4-20-8-7-18-14(20)10-19(2)15(16(21)22)11-5-6-13(23-3)12(17)9-11/h5-9,15H,4,10H2,1-3H3,(H,21,22)/t15-/m1/s1. The minimum Gasteiger partial charge on any atom is -0.494 e. The first-order valence-corrected chi connectivity index (χ1v) is 7.24. The molecule has 7 heteroatoms. The Balaban J connectivity index is 2.27. The highest BCUT2D eigenvalue weighted by molar-refractivity contribution is 5.75. The SMILES string of the molecule is CCn1ccnc1CN(C)[C@@H](C(=O)O)c1ccc(OC)c(F)c1. The summed E-state index contributed by atoms with van der Waals surface area (Å²) in [7, 11) is 3.04. The van der Waals surface area contributed by atoms with Gasteiger partial charge in [-0.25, -0.2) is 9.37 Å².